The standard InChI is InChI=1S/C12H12BrNO2/c1-15-8-9-4-2-3-5-11(9)12-6-10(7-13)16-14-12/h2-6H,7-8H2,1H3. The molecule has 0 unspecified atom stereocenters. The van der Waals surface area contributed by atoms with E-state index in [0.717, 1.165) is 22.6 Å². The van der Waals surface area contributed by atoms with E-state index in [1.807, 2.05) is 30.3 Å². The highest BCUT2D eigenvalue weighted by atomic mass is 79.9. The Morgan fingerprint density at radius 2 is 2.19 bits per heavy atom. The second-order valence-corrected chi connectivity index (χ2v) is 3.96. The van der Waals surface area contributed by atoms with E-state index in [-0.39, 0.29) is 0 Å². The van der Waals surface area contributed by atoms with Crippen LogP contribution in [0.3, 0.4) is 0 Å². The Balaban J connectivity index is 2.38. The Hall–Kier alpha value is -1.13. The summed E-state index contributed by atoms with van der Waals surface area (Å²) in [5.74, 6) is 0.821. The molecule has 0 spiro atoms. The summed E-state index contributed by atoms with van der Waals surface area (Å²) in [7, 11) is 1.68. The topological polar surface area (TPSA) is 35.3 Å². The van der Waals surface area contributed by atoms with Gasteiger partial charge in [-0.2, -0.15) is 0 Å². The van der Waals surface area contributed by atoms with Gasteiger partial charge in [0.25, 0.3) is 0 Å². The fourth-order valence-corrected chi connectivity index (χ4v) is 1.82. The van der Waals surface area contributed by atoms with E-state index in [1.54, 1.807) is 7.11 Å². The molecule has 2 aromatic rings. The number of hydrogen-bond acceptors (Lipinski definition) is 3. The molecule has 1 heterocycles. The molecule has 0 N–H and O–H groups in total. The molecule has 16 heavy (non-hydrogen) atoms. The van der Waals surface area contributed by atoms with Gasteiger partial charge >= 0.3 is 0 Å². The summed E-state index contributed by atoms with van der Waals surface area (Å²) in [4.78, 5) is 0. The lowest BCUT2D eigenvalue weighted by Gasteiger charge is -2.04. The average molecular weight is 282 g/mol. The molecule has 0 saturated heterocycles. The molecule has 0 aliphatic heterocycles. The van der Waals surface area contributed by atoms with Crippen molar-refractivity contribution in [3.05, 3.63) is 41.7 Å². The maximum Gasteiger partial charge on any atom is 0.147 e. The summed E-state index contributed by atoms with van der Waals surface area (Å²) in [6.45, 7) is 0.576. The lowest BCUT2D eigenvalue weighted by atomic mass is 10.1. The van der Waals surface area contributed by atoms with Crippen LogP contribution in [0.1, 0.15) is 11.3 Å². The predicted molar refractivity (Wildman–Crippen MR) is 65.3 cm³/mol. The third kappa shape index (κ3) is 2.33. The molecule has 0 atom stereocenters. The SMILES string of the molecule is COCc1ccccc1-c1cc(CBr)on1. The van der Waals surface area contributed by atoms with Gasteiger partial charge < -0.3 is 9.26 Å². The number of nitrogens with zero attached hydrogens (tertiary/aromatic N) is 1. The first kappa shape index (κ1) is 11.4. The highest BCUT2D eigenvalue weighted by molar-refractivity contribution is 9.08. The molecule has 4 heteroatoms. The molecule has 1 aromatic heterocycles. The van der Waals surface area contributed by atoms with Gasteiger partial charge in [0.2, 0.25) is 0 Å². The summed E-state index contributed by atoms with van der Waals surface area (Å²) in [6.07, 6.45) is 0. The van der Waals surface area contributed by atoms with Crippen molar-refractivity contribution in [3.8, 4) is 11.3 Å². The lowest BCUT2D eigenvalue weighted by molar-refractivity contribution is 0.185. The van der Waals surface area contributed by atoms with Crippen molar-refractivity contribution in [2.24, 2.45) is 0 Å². The van der Waals surface area contributed by atoms with Crippen molar-refractivity contribution in [3.63, 3.8) is 0 Å². The van der Waals surface area contributed by atoms with E-state index in [4.69, 9.17) is 9.26 Å². The van der Waals surface area contributed by atoms with Crippen molar-refractivity contribution in [2.75, 3.05) is 7.11 Å². The van der Waals surface area contributed by atoms with Crippen molar-refractivity contribution in [2.45, 2.75) is 11.9 Å². The third-order valence-electron chi connectivity index (χ3n) is 2.28. The van der Waals surface area contributed by atoms with E-state index in [9.17, 15) is 0 Å². The Morgan fingerprint density at radius 3 is 2.88 bits per heavy atom. The molecule has 0 radical (unpaired) electrons. The van der Waals surface area contributed by atoms with Gasteiger partial charge in [0, 0.05) is 18.7 Å². The maximum absolute atomic E-state index is 5.16. The minimum Gasteiger partial charge on any atom is -0.380 e. The van der Waals surface area contributed by atoms with Crippen LogP contribution in [0.2, 0.25) is 0 Å². The first-order valence-corrected chi connectivity index (χ1v) is 6.06. The molecule has 1 aromatic carbocycles. The Bertz CT molecular complexity index is 468. The second-order valence-electron chi connectivity index (χ2n) is 3.40. The van der Waals surface area contributed by atoms with Crippen molar-refractivity contribution in [1.82, 2.24) is 5.16 Å². The molecule has 0 amide bonds. The van der Waals surface area contributed by atoms with Crippen LogP contribution in [0.15, 0.2) is 34.9 Å². The number of rotatable bonds is 4. The average Bonchev–Trinajstić information content (AvgIpc) is 2.79. The molecule has 0 fully saturated rings. The molecular formula is C12H12BrNO2. The van der Waals surface area contributed by atoms with Crippen molar-refractivity contribution in [1.29, 1.82) is 0 Å². The quantitative estimate of drug-likeness (QED) is 0.806. The van der Waals surface area contributed by atoms with Crippen LogP contribution in [0.4, 0.5) is 0 Å². The van der Waals surface area contributed by atoms with Gasteiger partial charge in [0.15, 0.2) is 0 Å². The van der Waals surface area contributed by atoms with E-state index in [1.165, 1.54) is 0 Å². The van der Waals surface area contributed by atoms with Gasteiger partial charge in [-0.1, -0.05) is 45.4 Å². The zero-order valence-electron chi connectivity index (χ0n) is 8.94. The second kappa shape index (κ2) is 5.27. The number of hydrogen-bond donors (Lipinski definition) is 0. The highest BCUT2D eigenvalue weighted by Crippen LogP contribution is 2.24. The molecular weight excluding hydrogens is 270 g/mol. The lowest BCUT2D eigenvalue weighted by Crippen LogP contribution is -1.91. The van der Waals surface area contributed by atoms with Gasteiger partial charge in [0.1, 0.15) is 11.5 Å². The first-order valence-electron chi connectivity index (χ1n) is 4.94. The Morgan fingerprint density at radius 1 is 1.38 bits per heavy atom. The number of alkyl halides is 1. The fourth-order valence-electron chi connectivity index (χ4n) is 1.55. The fraction of sp³-hybridized carbons (Fsp3) is 0.250. The zero-order chi connectivity index (χ0) is 11.4. The minimum atomic E-state index is 0.576. The van der Waals surface area contributed by atoms with Crippen LogP contribution in [0.25, 0.3) is 11.3 Å². The maximum atomic E-state index is 5.16. The highest BCUT2D eigenvalue weighted by Gasteiger charge is 2.09. The van der Waals surface area contributed by atoms with Gasteiger partial charge in [-0.15, -0.1) is 0 Å². The van der Waals surface area contributed by atoms with Crippen LogP contribution < -0.4 is 0 Å². The van der Waals surface area contributed by atoms with E-state index in [0.29, 0.717) is 11.9 Å². The molecule has 2 rings (SSSR count). The first-order chi connectivity index (χ1) is 7.85. The number of benzene rings is 1. The number of aromatic nitrogens is 1. The molecule has 0 bridgehead atoms. The largest absolute Gasteiger partial charge is 0.380 e. The summed E-state index contributed by atoms with van der Waals surface area (Å²) >= 11 is 3.33. The smallest absolute Gasteiger partial charge is 0.147 e. The molecule has 0 aliphatic rings. The van der Waals surface area contributed by atoms with Crippen LogP contribution in [-0.4, -0.2) is 12.3 Å². The van der Waals surface area contributed by atoms with Crippen LogP contribution in [-0.2, 0) is 16.7 Å². The molecule has 0 saturated carbocycles. The van der Waals surface area contributed by atoms with E-state index in [2.05, 4.69) is 21.1 Å². The van der Waals surface area contributed by atoms with Crippen LogP contribution >= 0.6 is 15.9 Å². The Kier molecular flexibility index (Phi) is 3.74. The Labute approximate surface area is 103 Å². The van der Waals surface area contributed by atoms with Crippen molar-refractivity contribution < 1.29 is 9.26 Å². The summed E-state index contributed by atoms with van der Waals surface area (Å²) < 4.78 is 10.3. The molecule has 3 nitrogen and oxygen atoms in total. The summed E-state index contributed by atoms with van der Waals surface area (Å²) in [5.41, 5.74) is 3.02. The minimum absolute atomic E-state index is 0.576. The van der Waals surface area contributed by atoms with E-state index >= 15 is 0 Å². The summed E-state index contributed by atoms with van der Waals surface area (Å²) in [6, 6.07) is 9.95. The van der Waals surface area contributed by atoms with E-state index < -0.39 is 0 Å². The van der Waals surface area contributed by atoms with Gasteiger partial charge in [-0.25, -0.2) is 0 Å². The van der Waals surface area contributed by atoms with Crippen molar-refractivity contribution >= 4 is 15.9 Å². The summed E-state index contributed by atoms with van der Waals surface area (Å²) in [5, 5.41) is 4.71. The number of methoxy groups -OCH3 is 1. The van der Waals surface area contributed by atoms with Gasteiger partial charge in [-0.05, 0) is 5.56 Å². The third-order valence-corrected chi connectivity index (χ3v) is 2.84. The predicted octanol–water partition coefficient (Wildman–Crippen LogP) is 3.38. The normalized spacial score (nSPS) is 10.6. The molecule has 84 valence electrons. The number of halogens is 1. The molecule has 0 aliphatic carbocycles. The zero-order valence-corrected chi connectivity index (χ0v) is 10.5. The van der Waals surface area contributed by atoms with Crippen LogP contribution in [0.5, 0.6) is 0 Å². The van der Waals surface area contributed by atoms with Gasteiger partial charge in [0.05, 0.1) is 11.9 Å². The number of ether oxygens (including phenoxy) is 1. The van der Waals surface area contributed by atoms with Gasteiger partial charge in [-0.3, -0.25) is 0 Å². The monoisotopic (exact) mass is 281 g/mol. The van der Waals surface area contributed by atoms with Crippen LogP contribution in [0, 0.1) is 0 Å².